The van der Waals surface area contributed by atoms with E-state index < -0.39 is 30.1 Å². The van der Waals surface area contributed by atoms with Crippen LogP contribution in [0.2, 0.25) is 0 Å². The largest absolute Gasteiger partial charge is 0.391 e. The molecule has 1 aromatic rings. The zero-order valence-corrected chi connectivity index (χ0v) is 6.92. The second kappa shape index (κ2) is 3.91. The van der Waals surface area contributed by atoms with Gasteiger partial charge in [-0.2, -0.15) is 13.2 Å². The summed E-state index contributed by atoms with van der Waals surface area (Å²) >= 11 is 0. The third-order valence-electron chi connectivity index (χ3n) is 1.59. The lowest BCUT2D eigenvalue weighted by molar-refractivity contribution is -0.154. The van der Waals surface area contributed by atoms with Gasteiger partial charge in [-0.1, -0.05) is 0 Å². The Morgan fingerprint density at radius 1 is 1.43 bits per heavy atom. The summed E-state index contributed by atoms with van der Waals surface area (Å²) in [5.41, 5.74) is -0.391. The summed E-state index contributed by atoms with van der Waals surface area (Å²) in [6.07, 6.45) is -5.98. The Hall–Kier alpha value is -1.17. The first-order chi connectivity index (χ1) is 6.40. The third kappa shape index (κ3) is 2.95. The van der Waals surface area contributed by atoms with Crippen LogP contribution in [0.3, 0.4) is 0 Å². The lowest BCUT2D eigenvalue weighted by Gasteiger charge is -2.13. The molecule has 0 bridgehead atoms. The van der Waals surface area contributed by atoms with Gasteiger partial charge in [0.1, 0.15) is 5.82 Å². The predicted molar refractivity (Wildman–Crippen MR) is 39.8 cm³/mol. The van der Waals surface area contributed by atoms with Crippen LogP contribution in [0.25, 0.3) is 0 Å². The number of alkyl halides is 3. The molecule has 0 aliphatic carbocycles. The van der Waals surface area contributed by atoms with E-state index in [0.29, 0.717) is 0 Å². The summed E-state index contributed by atoms with van der Waals surface area (Å²) in [5.74, 6) is -0.941. The number of hydrogen-bond donors (Lipinski definition) is 1. The van der Waals surface area contributed by atoms with Gasteiger partial charge in [0.2, 0.25) is 0 Å². The van der Waals surface area contributed by atoms with Crippen LogP contribution < -0.4 is 0 Å². The maximum Gasteiger partial charge on any atom is 0.391 e. The highest BCUT2D eigenvalue weighted by Gasteiger charge is 2.32. The highest BCUT2D eigenvalue weighted by molar-refractivity contribution is 5.15. The fourth-order valence-electron chi connectivity index (χ4n) is 0.985. The van der Waals surface area contributed by atoms with Crippen molar-refractivity contribution in [1.29, 1.82) is 0 Å². The fourth-order valence-corrected chi connectivity index (χ4v) is 0.985. The average molecular weight is 209 g/mol. The van der Waals surface area contributed by atoms with Crippen LogP contribution >= 0.6 is 0 Å². The molecule has 78 valence electrons. The summed E-state index contributed by atoms with van der Waals surface area (Å²) in [4.78, 5) is 3.36. The van der Waals surface area contributed by atoms with Crippen molar-refractivity contribution < 1.29 is 22.7 Å². The number of rotatable bonds is 2. The van der Waals surface area contributed by atoms with Gasteiger partial charge in [0.05, 0.1) is 18.7 Å². The van der Waals surface area contributed by atoms with Crippen molar-refractivity contribution in [2.45, 2.75) is 18.7 Å². The standard InChI is InChI=1S/C8H7F4NO/c9-6-4-13-2-1-5(6)7(14)3-8(10,11)12/h1-2,4,7,14H,3H2. The fraction of sp³-hybridized carbons (Fsp3) is 0.375. The first-order valence-electron chi connectivity index (χ1n) is 3.74. The summed E-state index contributed by atoms with van der Waals surface area (Å²) < 4.78 is 48.3. The van der Waals surface area contributed by atoms with E-state index in [1.807, 2.05) is 0 Å². The van der Waals surface area contributed by atoms with Gasteiger partial charge in [0.25, 0.3) is 0 Å². The van der Waals surface area contributed by atoms with Gasteiger partial charge in [-0.15, -0.1) is 0 Å². The quantitative estimate of drug-likeness (QED) is 0.757. The number of pyridine rings is 1. The van der Waals surface area contributed by atoms with Crippen molar-refractivity contribution in [2.24, 2.45) is 0 Å². The molecule has 0 saturated heterocycles. The van der Waals surface area contributed by atoms with Crippen molar-refractivity contribution in [3.8, 4) is 0 Å². The van der Waals surface area contributed by atoms with Gasteiger partial charge >= 0.3 is 6.18 Å². The molecule has 14 heavy (non-hydrogen) atoms. The van der Waals surface area contributed by atoms with Crippen molar-refractivity contribution in [3.05, 3.63) is 29.8 Å². The van der Waals surface area contributed by atoms with Crippen LogP contribution in [0, 0.1) is 5.82 Å². The molecule has 0 saturated carbocycles. The average Bonchev–Trinajstić information content (AvgIpc) is 2.01. The van der Waals surface area contributed by atoms with Crippen LogP contribution in [0.4, 0.5) is 17.6 Å². The Bertz CT molecular complexity index is 312. The molecule has 1 heterocycles. The Morgan fingerprint density at radius 2 is 2.07 bits per heavy atom. The van der Waals surface area contributed by atoms with Gasteiger partial charge in [-0.3, -0.25) is 4.98 Å². The van der Waals surface area contributed by atoms with E-state index in [9.17, 15) is 17.6 Å². The monoisotopic (exact) mass is 209 g/mol. The van der Waals surface area contributed by atoms with Gasteiger partial charge in [0, 0.05) is 11.8 Å². The summed E-state index contributed by atoms with van der Waals surface area (Å²) in [7, 11) is 0. The SMILES string of the molecule is OC(CC(F)(F)F)c1ccncc1F. The molecule has 0 fully saturated rings. The zero-order valence-electron chi connectivity index (χ0n) is 6.92. The molecule has 0 aliphatic rings. The number of halogens is 4. The lowest BCUT2D eigenvalue weighted by Crippen LogP contribution is -2.14. The molecule has 1 rings (SSSR count). The van der Waals surface area contributed by atoms with E-state index >= 15 is 0 Å². The van der Waals surface area contributed by atoms with Gasteiger partial charge in [-0.05, 0) is 6.07 Å². The molecular formula is C8H7F4NO. The highest BCUT2D eigenvalue weighted by Crippen LogP contribution is 2.29. The second-order valence-corrected chi connectivity index (χ2v) is 2.73. The molecule has 1 aromatic heterocycles. The van der Waals surface area contributed by atoms with Crippen molar-refractivity contribution in [3.63, 3.8) is 0 Å². The van der Waals surface area contributed by atoms with Crippen LogP contribution in [-0.2, 0) is 0 Å². The Morgan fingerprint density at radius 3 is 2.57 bits per heavy atom. The minimum absolute atomic E-state index is 0.391. The van der Waals surface area contributed by atoms with Gasteiger partial charge in [0.15, 0.2) is 0 Å². The van der Waals surface area contributed by atoms with Gasteiger partial charge < -0.3 is 5.11 Å². The molecule has 6 heteroatoms. The first kappa shape index (κ1) is 10.9. The molecule has 1 N–H and O–H groups in total. The number of nitrogens with zero attached hydrogens (tertiary/aromatic N) is 1. The highest BCUT2D eigenvalue weighted by atomic mass is 19.4. The van der Waals surface area contributed by atoms with E-state index in [4.69, 9.17) is 5.11 Å². The second-order valence-electron chi connectivity index (χ2n) is 2.73. The zero-order chi connectivity index (χ0) is 10.8. The van der Waals surface area contributed by atoms with Crippen molar-refractivity contribution in [1.82, 2.24) is 4.98 Å². The Kier molecular flexibility index (Phi) is 3.05. The van der Waals surface area contributed by atoms with E-state index in [1.165, 1.54) is 0 Å². The predicted octanol–water partition coefficient (Wildman–Crippen LogP) is 2.21. The number of hydrogen-bond acceptors (Lipinski definition) is 2. The van der Waals surface area contributed by atoms with Gasteiger partial charge in [-0.25, -0.2) is 4.39 Å². The van der Waals surface area contributed by atoms with Crippen molar-refractivity contribution >= 4 is 0 Å². The maximum atomic E-state index is 12.8. The minimum Gasteiger partial charge on any atom is -0.388 e. The van der Waals surface area contributed by atoms with Crippen LogP contribution in [0.1, 0.15) is 18.1 Å². The van der Waals surface area contributed by atoms with E-state index in [-0.39, 0.29) is 0 Å². The molecule has 0 radical (unpaired) electrons. The van der Waals surface area contributed by atoms with E-state index in [1.54, 1.807) is 0 Å². The Balaban J connectivity index is 2.80. The number of aromatic nitrogens is 1. The molecule has 0 aliphatic heterocycles. The van der Waals surface area contributed by atoms with E-state index in [0.717, 1.165) is 18.5 Å². The molecule has 2 nitrogen and oxygen atoms in total. The molecule has 1 atom stereocenters. The molecule has 0 amide bonds. The molecule has 0 spiro atoms. The van der Waals surface area contributed by atoms with Crippen LogP contribution in [-0.4, -0.2) is 16.3 Å². The summed E-state index contributed by atoms with van der Waals surface area (Å²) in [6.45, 7) is 0. The molecule has 1 unspecified atom stereocenters. The normalized spacial score (nSPS) is 14.1. The molecular weight excluding hydrogens is 202 g/mol. The number of aliphatic hydroxyl groups excluding tert-OH is 1. The van der Waals surface area contributed by atoms with Crippen LogP contribution in [0.5, 0.6) is 0 Å². The summed E-state index contributed by atoms with van der Waals surface area (Å²) in [6, 6.07) is 1.02. The van der Waals surface area contributed by atoms with Crippen LogP contribution in [0.15, 0.2) is 18.5 Å². The first-order valence-corrected chi connectivity index (χ1v) is 3.74. The summed E-state index contributed by atoms with van der Waals surface area (Å²) in [5, 5.41) is 9.05. The van der Waals surface area contributed by atoms with E-state index in [2.05, 4.69) is 4.98 Å². The minimum atomic E-state index is -4.52. The topological polar surface area (TPSA) is 33.1 Å². The number of aliphatic hydroxyl groups is 1. The third-order valence-corrected chi connectivity index (χ3v) is 1.59. The molecule has 0 aromatic carbocycles. The Labute approximate surface area is 77.2 Å². The smallest absolute Gasteiger partial charge is 0.388 e. The maximum absolute atomic E-state index is 12.8. The lowest BCUT2D eigenvalue weighted by atomic mass is 10.1. The van der Waals surface area contributed by atoms with Crippen molar-refractivity contribution in [2.75, 3.05) is 0 Å².